The Labute approximate surface area is 199 Å². The van der Waals surface area contributed by atoms with E-state index in [9.17, 15) is 22.4 Å². The first-order valence-corrected chi connectivity index (χ1v) is 12.3. The highest BCUT2D eigenvalue weighted by Gasteiger charge is 2.31. The molecule has 1 aliphatic heterocycles. The Morgan fingerprint density at radius 1 is 0.971 bits per heavy atom. The molecule has 2 aromatic heterocycles. The van der Waals surface area contributed by atoms with Gasteiger partial charge in [0.15, 0.2) is 5.65 Å². The minimum absolute atomic E-state index is 0.0262. The van der Waals surface area contributed by atoms with Gasteiger partial charge in [0, 0.05) is 26.2 Å². The van der Waals surface area contributed by atoms with Crippen LogP contribution in [0.1, 0.15) is 0 Å². The normalized spacial score (nSPS) is 14.9. The van der Waals surface area contributed by atoms with Crippen LogP contribution in [0.25, 0.3) is 16.7 Å². The summed E-state index contributed by atoms with van der Waals surface area (Å²) in [5.41, 5.74) is 0.745. The van der Waals surface area contributed by atoms with Crippen molar-refractivity contribution in [2.45, 2.75) is 11.4 Å². The molecule has 1 amide bonds. The largest absolute Gasteiger partial charge is 0.338 e. The minimum Gasteiger partial charge on any atom is -0.338 e. The molecule has 0 aliphatic carbocycles. The summed E-state index contributed by atoms with van der Waals surface area (Å²) in [6, 6.07) is 14.5. The molecule has 180 valence electrons. The second kappa shape index (κ2) is 9.04. The van der Waals surface area contributed by atoms with Crippen molar-refractivity contribution in [3.63, 3.8) is 0 Å². The molecule has 2 aromatic carbocycles. The van der Waals surface area contributed by atoms with Crippen LogP contribution in [0.5, 0.6) is 0 Å². The summed E-state index contributed by atoms with van der Waals surface area (Å²) in [4.78, 5) is 31.2. The van der Waals surface area contributed by atoms with Crippen molar-refractivity contribution in [3.8, 4) is 5.69 Å². The molecule has 35 heavy (non-hydrogen) atoms. The zero-order valence-corrected chi connectivity index (χ0v) is 19.3. The van der Waals surface area contributed by atoms with Crippen LogP contribution < -0.4 is 5.56 Å². The predicted molar refractivity (Wildman–Crippen MR) is 125 cm³/mol. The quantitative estimate of drug-likeness (QED) is 0.411. The predicted octanol–water partition coefficient (Wildman–Crippen LogP) is 1.25. The number of hydrogen-bond acceptors (Lipinski definition) is 6. The van der Waals surface area contributed by atoms with E-state index in [0.29, 0.717) is 5.65 Å². The van der Waals surface area contributed by atoms with Crippen LogP contribution in [0.4, 0.5) is 4.39 Å². The molecule has 1 saturated heterocycles. The number of aromatic nitrogens is 4. The van der Waals surface area contributed by atoms with Crippen LogP contribution in [0.2, 0.25) is 0 Å². The lowest BCUT2D eigenvalue weighted by Crippen LogP contribution is -2.51. The Kier molecular flexibility index (Phi) is 5.91. The molecule has 0 radical (unpaired) electrons. The molecular formula is C23H21FN6O4S. The zero-order valence-electron chi connectivity index (χ0n) is 18.5. The number of fused-ring (bicyclic) bond motifs is 1. The molecular weight excluding hydrogens is 475 g/mol. The molecule has 1 aliphatic rings. The third kappa shape index (κ3) is 4.21. The van der Waals surface area contributed by atoms with Gasteiger partial charge in [0.05, 0.1) is 11.9 Å². The molecule has 0 spiro atoms. The summed E-state index contributed by atoms with van der Waals surface area (Å²) >= 11 is 0. The van der Waals surface area contributed by atoms with Gasteiger partial charge in [0.25, 0.3) is 5.56 Å². The van der Waals surface area contributed by atoms with Crippen LogP contribution in [0, 0.1) is 5.82 Å². The third-order valence-electron chi connectivity index (χ3n) is 5.91. The number of carbonyl (C=O) groups excluding carboxylic acids is 1. The Bertz CT molecular complexity index is 1560. The molecule has 10 nitrogen and oxygen atoms in total. The zero-order chi connectivity index (χ0) is 24.6. The molecule has 0 N–H and O–H groups in total. The van der Waals surface area contributed by atoms with Crippen molar-refractivity contribution >= 4 is 27.0 Å². The number of para-hydroxylation sites is 1. The van der Waals surface area contributed by atoms with E-state index in [2.05, 4.69) is 10.1 Å². The maximum absolute atomic E-state index is 14.0. The topological polar surface area (TPSA) is 110 Å². The van der Waals surface area contributed by atoms with Crippen LogP contribution in [0.15, 0.2) is 76.8 Å². The van der Waals surface area contributed by atoms with Gasteiger partial charge in [-0.1, -0.05) is 30.3 Å². The number of halogens is 1. The van der Waals surface area contributed by atoms with Gasteiger partial charge in [0.2, 0.25) is 15.9 Å². The second-order valence-electron chi connectivity index (χ2n) is 8.02. The second-order valence-corrected chi connectivity index (χ2v) is 9.93. The number of sulfonamides is 1. The van der Waals surface area contributed by atoms with E-state index in [4.69, 9.17) is 0 Å². The molecule has 12 heteroatoms. The van der Waals surface area contributed by atoms with Crippen molar-refractivity contribution in [2.24, 2.45) is 0 Å². The summed E-state index contributed by atoms with van der Waals surface area (Å²) in [6.07, 6.45) is 2.73. The van der Waals surface area contributed by atoms with Crippen molar-refractivity contribution < 1.29 is 17.6 Å². The number of hydrogen-bond donors (Lipinski definition) is 0. The fourth-order valence-electron chi connectivity index (χ4n) is 4.04. The number of rotatable bonds is 5. The van der Waals surface area contributed by atoms with Crippen LogP contribution >= 0.6 is 0 Å². The van der Waals surface area contributed by atoms with Gasteiger partial charge < -0.3 is 4.90 Å². The van der Waals surface area contributed by atoms with Crippen molar-refractivity contribution in [2.75, 3.05) is 26.2 Å². The lowest BCUT2D eigenvalue weighted by Gasteiger charge is -2.34. The maximum Gasteiger partial charge on any atom is 0.264 e. The van der Waals surface area contributed by atoms with Crippen LogP contribution in [-0.2, 0) is 21.4 Å². The highest BCUT2D eigenvalue weighted by molar-refractivity contribution is 7.89. The Balaban J connectivity index is 1.29. The summed E-state index contributed by atoms with van der Waals surface area (Å²) in [7, 11) is -4.01. The van der Waals surface area contributed by atoms with Crippen LogP contribution in [0.3, 0.4) is 0 Å². The number of nitrogens with zero attached hydrogens (tertiary/aromatic N) is 6. The van der Waals surface area contributed by atoms with Gasteiger partial charge >= 0.3 is 0 Å². The standard InChI is InChI=1S/C23H21FN6O4S/c24-19-8-4-5-9-20(19)35(33,34)29-12-10-27(11-13-29)21(31)15-28-16-25-22-18(23(28)32)14-26-30(22)17-6-2-1-3-7-17/h1-9,14,16H,10-13,15H2. The van der Waals surface area contributed by atoms with E-state index in [0.717, 1.165) is 16.1 Å². The first-order valence-electron chi connectivity index (χ1n) is 10.9. The number of benzene rings is 2. The summed E-state index contributed by atoms with van der Waals surface area (Å²) in [5, 5.41) is 4.54. The smallest absolute Gasteiger partial charge is 0.264 e. The SMILES string of the molecule is O=C(Cn1cnc2c(cnn2-c2ccccc2)c1=O)N1CCN(S(=O)(=O)c2ccccc2F)CC1. The number of piperazine rings is 1. The summed E-state index contributed by atoms with van der Waals surface area (Å²) in [5.74, 6) is -1.16. The van der Waals surface area contributed by atoms with E-state index < -0.39 is 21.4 Å². The molecule has 3 heterocycles. The fourth-order valence-corrected chi connectivity index (χ4v) is 5.52. The molecule has 5 rings (SSSR count). The Hall–Kier alpha value is -3.90. The van der Waals surface area contributed by atoms with Crippen LogP contribution in [-0.4, -0.2) is 69.0 Å². The van der Waals surface area contributed by atoms with Gasteiger partial charge in [-0.15, -0.1) is 0 Å². The first-order chi connectivity index (χ1) is 16.9. The van der Waals surface area contributed by atoms with Crippen molar-refractivity contribution in [1.82, 2.24) is 28.5 Å². The molecule has 1 fully saturated rings. The van der Waals surface area contributed by atoms with E-state index in [1.54, 1.807) is 4.68 Å². The Morgan fingerprint density at radius 2 is 1.66 bits per heavy atom. The monoisotopic (exact) mass is 496 g/mol. The lowest BCUT2D eigenvalue weighted by atomic mass is 10.3. The van der Waals surface area contributed by atoms with Gasteiger partial charge in [-0.3, -0.25) is 14.2 Å². The minimum atomic E-state index is -4.01. The average molecular weight is 497 g/mol. The van der Waals surface area contributed by atoms with E-state index in [1.807, 2.05) is 30.3 Å². The summed E-state index contributed by atoms with van der Waals surface area (Å²) in [6.45, 7) is 0.0704. The number of amides is 1. The summed E-state index contributed by atoms with van der Waals surface area (Å²) < 4.78 is 43.5. The van der Waals surface area contributed by atoms with E-state index in [1.165, 1.54) is 40.2 Å². The van der Waals surface area contributed by atoms with Gasteiger partial charge in [0.1, 0.15) is 29.0 Å². The Morgan fingerprint density at radius 3 is 2.37 bits per heavy atom. The molecule has 0 saturated carbocycles. The third-order valence-corrected chi connectivity index (χ3v) is 7.84. The highest BCUT2D eigenvalue weighted by Crippen LogP contribution is 2.20. The fraction of sp³-hybridized carbons (Fsp3) is 0.217. The van der Waals surface area contributed by atoms with Crippen molar-refractivity contribution in [3.05, 3.63) is 83.3 Å². The van der Waals surface area contributed by atoms with Crippen molar-refractivity contribution in [1.29, 1.82) is 0 Å². The number of carbonyl (C=O) groups is 1. The first kappa shape index (κ1) is 22.9. The molecule has 0 unspecified atom stereocenters. The van der Waals surface area contributed by atoms with Gasteiger partial charge in [-0.25, -0.2) is 22.5 Å². The van der Waals surface area contributed by atoms with Gasteiger partial charge in [-0.2, -0.15) is 9.40 Å². The molecule has 4 aromatic rings. The molecule has 0 bridgehead atoms. The van der Waals surface area contributed by atoms with Gasteiger partial charge in [-0.05, 0) is 24.3 Å². The molecule has 0 atom stereocenters. The van der Waals surface area contributed by atoms with E-state index in [-0.39, 0.29) is 48.9 Å². The maximum atomic E-state index is 14.0. The average Bonchev–Trinajstić information content (AvgIpc) is 3.31. The highest BCUT2D eigenvalue weighted by atomic mass is 32.2. The lowest BCUT2D eigenvalue weighted by molar-refractivity contribution is -0.133. The van der Waals surface area contributed by atoms with E-state index >= 15 is 0 Å².